The summed E-state index contributed by atoms with van der Waals surface area (Å²) in [7, 11) is 4.00. The number of ketones is 1. The van der Waals surface area contributed by atoms with Crippen LogP contribution in [0.5, 0.6) is 0 Å². The fraction of sp³-hybridized carbons (Fsp3) is 0.235. The van der Waals surface area contributed by atoms with Gasteiger partial charge >= 0.3 is 0 Å². The molecule has 2 unspecified atom stereocenters. The minimum absolute atomic E-state index is 0.0234. The van der Waals surface area contributed by atoms with Crippen LogP contribution in [-0.2, 0) is 0 Å². The number of halogens is 3. The van der Waals surface area contributed by atoms with Gasteiger partial charge in [0.25, 0.3) is 0 Å². The Bertz CT molecular complexity index is 641. The molecule has 0 aliphatic heterocycles. The van der Waals surface area contributed by atoms with Crippen molar-refractivity contribution in [3.63, 3.8) is 0 Å². The summed E-state index contributed by atoms with van der Waals surface area (Å²) in [5, 5.41) is 0.623. The zero-order valence-electron chi connectivity index (χ0n) is 12.3. The minimum Gasteiger partial charge on any atom is -0.378 e. The van der Waals surface area contributed by atoms with Crippen LogP contribution < -0.4 is 4.90 Å². The van der Waals surface area contributed by atoms with E-state index in [9.17, 15) is 4.79 Å². The Morgan fingerprint density at radius 2 is 1.55 bits per heavy atom. The predicted octanol–water partition coefficient (Wildman–Crippen LogP) is 5.49. The molecule has 0 aromatic heterocycles. The number of hydrogen-bond donors (Lipinski definition) is 0. The molecule has 0 saturated heterocycles. The van der Waals surface area contributed by atoms with Gasteiger partial charge in [-0.15, -0.1) is 0 Å². The molecule has 0 N–H and O–H groups in total. The fourth-order valence-corrected chi connectivity index (χ4v) is 3.27. The van der Waals surface area contributed by atoms with Gasteiger partial charge in [0.05, 0.1) is 9.65 Å². The van der Waals surface area contributed by atoms with Crippen molar-refractivity contribution in [2.24, 2.45) is 0 Å². The molecule has 5 heteroatoms. The summed E-state index contributed by atoms with van der Waals surface area (Å²) in [6.07, 6.45) is 0. The van der Waals surface area contributed by atoms with Crippen molar-refractivity contribution in [3.8, 4) is 0 Å². The van der Waals surface area contributed by atoms with Crippen molar-refractivity contribution < 1.29 is 4.79 Å². The standard InChI is InChI=1S/C17H16Br2ClNO/c1-21(2)14-9-5-11(6-10-14)15(18)16(19)17(22)12-3-7-13(20)8-4-12/h3-10,15-16H,1-2H3. The van der Waals surface area contributed by atoms with Crippen LogP contribution in [-0.4, -0.2) is 24.7 Å². The lowest BCUT2D eigenvalue weighted by Crippen LogP contribution is -2.19. The lowest BCUT2D eigenvalue weighted by atomic mass is 10.0. The van der Waals surface area contributed by atoms with Crippen LogP contribution in [0.1, 0.15) is 20.7 Å². The normalized spacial score (nSPS) is 13.5. The maximum atomic E-state index is 12.5. The van der Waals surface area contributed by atoms with E-state index < -0.39 is 0 Å². The van der Waals surface area contributed by atoms with E-state index in [1.165, 1.54) is 0 Å². The smallest absolute Gasteiger partial charge is 0.177 e. The van der Waals surface area contributed by atoms with Crippen molar-refractivity contribution in [1.82, 2.24) is 0 Å². The largest absolute Gasteiger partial charge is 0.378 e. The highest BCUT2D eigenvalue weighted by Crippen LogP contribution is 2.34. The molecule has 0 radical (unpaired) electrons. The Labute approximate surface area is 152 Å². The quantitative estimate of drug-likeness (QED) is 0.448. The molecule has 0 saturated carbocycles. The van der Waals surface area contributed by atoms with Crippen LogP contribution in [0, 0.1) is 0 Å². The summed E-state index contributed by atoms with van der Waals surface area (Å²) in [5.74, 6) is 0.0234. The van der Waals surface area contributed by atoms with Crippen LogP contribution in [0.15, 0.2) is 48.5 Å². The first-order valence-corrected chi connectivity index (χ1v) is 8.96. The van der Waals surface area contributed by atoms with Crippen molar-refractivity contribution in [1.29, 1.82) is 0 Å². The summed E-state index contributed by atoms with van der Waals surface area (Å²) in [4.78, 5) is 14.1. The molecule has 0 aliphatic rings. The van der Waals surface area contributed by atoms with Gasteiger partial charge in [-0.05, 0) is 42.0 Å². The molecule has 0 aliphatic carbocycles. The van der Waals surface area contributed by atoms with Gasteiger partial charge in [-0.3, -0.25) is 4.79 Å². The zero-order chi connectivity index (χ0) is 16.3. The Morgan fingerprint density at radius 1 is 1.00 bits per heavy atom. The van der Waals surface area contributed by atoms with E-state index in [0.29, 0.717) is 10.6 Å². The highest BCUT2D eigenvalue weighted by molar-refractivity contribution is 9.12. The Kier molecular flexibility index (Phi) is 6.07. The number of rotatable bonds is 5. The third-order valence-corrected chi connectivity index (χ3v) is 6.33. The summed E-state index contributed by atoms with van der Waals surface area (Å²) < 4.78 is 0. The van der Waals surface area contributed by atoms with Crippen LogP contribution in [0.4, 0.5) is 5.69 Å². The van der Waals surface area contributed by atoms with Crippen molar-refractivity contribution in [3.05, 3.63) is 64.7 Å². The second kappa shape index (κ2) is 7.62. The topological polar surface area (TPSA) is 20.3 Å². The van der Waals surface area contributed by atoms with Crippen LogP contribution in [0.3, 0.4) is 0 Å². The van der Waals surface area contributed by atoms with Crippen molar-refractivity contribution in [2.75, 3.05) is 19.0 Å². The number of benzene rings is 2. The van der Waals surface area contributed by atoms with Gasteiger partial charge in [-0.25, -0.2) is 0 Å². The van der Waals surface area contributed by atoms with E-state index in [1.54, 1.807) is 24.3 Å². The first kappa shape index (κ1) is 17.5. The van der Waals surface area contributed by atoms with Crippen LogP contribution in [0.25, 0.3) is 0 Å². The lowest BCUT2D eigenvalue weighted by Gasteiger charge is -2.18. The second-order valence-electron chi connectivity index (χ2n) is 5.16. The Balaban J connectivity index is 2.15. The first-order chi connectivity index (χ1) is 10.4. The number of carbonyl (C=O) groups is 1. The Morgan fingerprint density at radius 3 is 2.05 bits per heavy atom. The molecule has 0 fully saturated rings. The van der Waals surface area contributed by atoms with Gasteiger partial charge < -0.3 is 4.90 Å². The third kappa shape index (κ3) is 4.12. The third-order valence-electron chi connectivity index (χ3n) is 3.36. The molecule has 2 nitrogen and oxygen atoms in total. The number of alkyl halides is 2. The van der Waals surface area contributed by atoms with Crippen LogP contribution >= 0.6 is 43.5 Å². The van der Waals surface area contributed by atoms with Gasteiger partial charge in [0.15, 0.2) is 5.78 Å². The highest BCUT2D eigenvalue weighted by Gasteiger charge is 2.26. The monoisotopic (exact) mass is 443 g/mol. The molecule has 2 rings (SSSR count). The molecule has 0 amide bonds. The summed E-state index contributed by atoms with van der Waals surface area (Å²) >= 11 is 13.0. The minimum atomic E-state index is -0.348. The molecular weight excluding hydrogens is 429 g/mol. The average Bonchev–Trinajstić information content (AvgIpc) is 2.53. The fourth-order valence-electron chi connectivity index (χ4n) is 2.03. The molecule has 0 bridgehead atoms. The van der Waals surface area contributed by atoms with E-state index in [4.69, 9.17) is 11.6 Å². The number of nitrogens with zero attached hydrogens (tertiary/aromatic N) is 1. The summed E-state index contributed by atoms with van der Waals surface area (Å²) in [6, 6.07) is 15.1. The van der Waals surface area contributed by atoms with E-state index in [2.05, 4.69) is 31.9 Å². The molecule has 0 heterocycles. The molecule has 2 aromatic rings. The molecular formula is C17H16Br2ClNO. The predicted molar refractivity (Wildman–Crippen MR) is 101 cm³/mol. The van der Waals surface area contributed by atoms with Gasteiger partial charge in [-0.1, -0.05) is 55.6 Å². The van der Waals surface area contributed by atoms with Crippen LogP contribution in [0.2, 0.25) is 5.02 Å². The second-order valence-corrected chi connectivity index (χ2v) is 7.57. The number of anilines is 1. The highest BCUT2D eigenvalue weighted by atomic mass is 79.9. The van der Waals surface area contributed by atoms with Gasteiger partial charge in [0, 0.05) is 30.4 Å². The molecule has 22 heavy (non-hydrogen) atoms. The maximum absolute atomic E-state index is 12.5. The van der Waals surface area contributed by atoms with E-state index in [0.717, 1.165) is 11.3 Å². The van der Waals surface area contributed by atoms with E-state index in [1.807, 2.05) is 43.3 Å². The summed E-state index contributed by atoms with van der Waals surface area (Å²) in [5.41, 5.74) is 2.81. The maximum Gasteiger partial charge on any atom is 0.177 e. The van der Waals surface area contributed by atoms with Crippen molar-refractivity contribution >= 4 is 54.9 Å². The van der Waals surface area contributed by atoms with Gasteiger partial charge in [0.2, 0.25) is 0 Å². The SMILES string of the molecule is CN(C)c1ccc(C(Br)C(Br)C(=O)c2ccc(Cl)cc2)cc1. The zero-order valence-corrected chi connectivity index (χ0v) is 16.2. The lowest BCUT2D eigenvalue weighted by molar-refractivity contribution is 0.0991. The summed E-state index contributed by atoms with van der Waals surface area (Å²) in [6.45, 7) is 0. The van der Waals surface area contributed by atoms with Crippen molar-refractivity contribution in [2.45, 2.75) is 9.65 Å². The number of carbonyl (C=O) groups excluding carboxylic acids is 1. The number of Topliss-reactive ketones (excluding diaryl/α,β-unsaturated/α-hetero) is 1. The molecule has 0 spiro atoms. The average molecular weight is 446 g/mol. The van der Waals surface area contributed by atoms with Gasteiger partial charge in [-0.2, -0.15) is 0 Å². The Hall–Kier alpha value is -0.840. The van der Waals surface area contributed by atoms with E-state index >= 15 is 0 Å². The molecule has 116 valence electrons. The molecule has 2 atom stereocenters. The molecule has 2 aromatic carbocycles. The number of hydrogen-bond acceptors (Lipinski definition) is 2. The first-order valence-electron chi connectivity index (χ1n) is 6.75. The van der Waals surface area contributed by atoms with Gasteiger partial charge in [0.1, 0.15) is 0 Å². The van der Waals surface area contributed by atoms with E-state index in [-0.39, 0.29) is 15.4 Å².